The van der Waals surface area contributed by atoms with Crippen molar-refractivity contribution < 1.29 is 14.6 Å². The quantitative estimate of drug-likeness (QED) is 0.342. The minimum absolute atomic E-state index is 0.278. The van der Waals surface area contributed by atoms with Crippen molar-refractivity contribution in [3.63, 3.8) is 0 Å². The summed E-state index contributed by atoms with van der Waals surface area (Å²) >= 11 is 5.98. The lowest BCUT2D eigenvalue weighted by Gasteiger charge is -2.17. The van der Waals surface area contributed by atoms with Crippen LogP contribution in [0, 0.1) is 6.92 Å². The first kappa shape index (κ1) is 20.8. The van der Waals surface area contributed by atoms with Crippen LogP contribution in [0.2, 0.25) is 5.02 Å². The number of halogens is 1. The molecule has 4 rings (SSSR count). The Kier molecular flexibility index (Phi) is 6.10. The van der Waals surface area contributed by atoms with Gasteiger partial charge in [-0.2, -0.15) is 0 Å². The van der Waals surface area contributed by atoms with Crippen molar-refractivity contribution >= 4 is 34.0 Å². The number of carboxylic acids is 1. The summed E-state index contributed by atoms with van der Waals surface area (Å²) in [6.45, 7) is 2.88. The van der Waals surface area contributed by atoms with E-state index in [4.69, 9.17) is 16.3 Å². The number of aryl methyl sites for hydroxylation is 1. The molecule has 31 heavy (non-hydrogen) atoms. The molecule has 4 aromatic carbocycles. The van der Waals surface area contributed by atoms with Crippen molar-refractivity contribution in [1.82, 2.24) is 0 Å². The lowest BCUT2D eigenvalue weighted by molar-refractivity contribution is 0.0697. The molecule has 0 radical (unpaired) electrons. The number of benzene rings is 4. The molecule has 0 aliphatic carbocycles. The molecule has 0 spiro atoms. The maximum atomic E-state index is 11.2. The van der Waals surface area contributed by atoms with Crippen molar-refractivity contribution in [3.8, 4) is 5.75 Å². The summed E-state index contributed by atoms with van der Waals surface area (Å²) in [5.74, 6) is -0.123. The predicted octanol–water partition coefficient (Wildman–Crippen LogP) is 6.69. The third-order valence-electron chi connectivity index (χ3n) is 5.23. The van der Waals surface area contributed by atoms with Crippen LogP contribution in [0.1, 0.15) is 27.0 Å². The number of carbonyl (C=O) groups is 1. The SMILES string of the molecule is Cc1cc(C(=O)O)ccc1NCc1c(OCc2ccc(Cl)cc2)ccc2ccccc12. The van der Waals surface area contributed by atoms with Gasteiger partial charge < -0.3 is 15.2 Å². The molecule has 0 fully saturated rings. The van der Waals surface area contributed by atoms with Crippen LogP contribution in [0.4, 0.5) is 5.69 Å². The molecule has 0 amide bonds. The number of carboxylic acid groups (broad SMARTS) is 1. The topological polar surface area (TPSA) is 58.6 Å². The van der Waals surface area contributed by atoms with Crippen LogP contribution in [0.25, 0.3) is 10.8 Å². The second kappa shape index (κ2) is 9.11. The van der Waals surface area contributed by atoms with Crippen LogP contribution >= 0.6 is 11.6 Å². The summed E-state index contributed by atoms with van der Waals surface area (Å²) in [6.07, 6.45) is 0. The molecule has 0 aromatic heterocycles. The Labute approximate surface area is 186 Å². The van der Waals surface area contributed by atoms with Crippen LogP contribution in [0.3, 0.4) is 0 Å². The second-order valence-electron chi connectivity index (χ2n) is 7.37. The van der Waals surface area contributed by atoms with Crippen molar-refractivity contribution in [2.45, 2.75) is 20.1 Å². The van der Waals surface area contributed by atoms with Crippen LogP contribution in [0.5, 0.6) is 5.75 Å². The van der Waals surface area contributed by atoms with Crippen molar-refractivity contribution in [3.05, 3.63) is 106 Å². The molecule has 0 bridgehead atoms. The average molecular weight is 432 g/mol. The number of anilines is 1. The first-order chi connectivity index (χ1) is 15.0. The zero-order chi connectivity index (χ0) is 21.8. The Morgan fingerprint density at radius 3 is 2.52 bits per heavy atom. The fourth-order valence-electron chi connectivity index (χ4n) is 3.55. The first-order valence-electron chi connectivity index (χ1n) is 9.97. The molecular weight excluding hydrogens is 410 g/mol. The minimum atomic E-state index is -0.929. The number of ether oxygens (including phenoxy) is 1. The van der Waals surface area contributed by atoms with Gasteiger partial charge >= 0.3 is 5.97 Å². The Balaban J connectivity index is 1.61. The average Bonchev–Trinajstić information content (AvgIpc) is 2.78. The van der Waals surface area contributed by atoms with Gasteiger partial charge in [0, 0.05) is 22.8 Å². The maximum absolute atomic E-state index is 11.2. The molecule has 0 aliphatic rings. The Bertz CT molecular complexity index is 1240. The van der Waals surface area contributed by atoms with Gasteiger partial charge in [0.1, 0.15) is 12.4 Å². The highest BCUT2D eigenvalue weighted by Gasteiger charge is 2.11. The summed E-state index contributed by atoms with van der Waals surface area (Å²) in [6, 6.07) is 24.9. The monoisotopic (exact) mass is 431 g/mol. The van der Waals surface area contributed by atoms with Crippen LogP contribution in [-0.4, -0.2) is 11.1 Å². The molecular formula is C26H22ClNO3. The molecule has 5 heteroatoms. The van der Waals surface area contributed by atoms with E-state index in [1.165, 1.54) is 0 Å². The first-order valence-corrected chi connectivity index (χ1v) is 10.3. The van der Waals surface area contributed by atoms with Crippen LogP contribution in [-0.2, 0) is 13.2 Å². The zero-order valence-corrected chi connectivity index (χ0v) is 17.8. The molecule has 0 atom stereocenters. The lowest BCUT2D eigenvalue weighted by Crippen LogP contribution is -2.06. The van der Waals surface area contributed by atoms with E-state index in [0.29, 0.717) is 18.2 Å². The molecule has 0 saturated heterocycles. The largest absolute Gasteiger partial charge is 0.489 e. The van der Waals surface area contributed by atoms with Crippen molar-refractivity contribution in [2.75, 3.05) is 5.32 Å². The van der Waals surface area contributed by atoms with E-state index in [-0.39, 0.29) is 5.56 Å². The van der Waals surface area contributed by atoms with Gasteiger partial charge in [-0.3, -0.25) is 0 Å². The second-order valence-corrected chi connectivity index (χ2v) is 7.80. The molecule has 0 aliphatic heterocycles. The summed E-state index contributed by atoms with van der Waals surface area (Å²) in [5.41, 5.74) is 4.14. The molecule has 4 aromatic rings. The summed E-state index contributed by atoms with van der Waals surface area (Å²) in [5, 5.41) is 15.6. The smallest absolute Gasteiger partial charge is 0.335 e. The Morgan fingerprint density at radius 1 is 1.00 bits per heavy atom. The minimum Gasteiger partial charge on any atom is -0.489 e. The van der Waals surface area contributed by atoms with E-state index in [1.54, 1.807) is 18.2 Å². The summed E-state index contributed by atoms with van der Waals surface area (Å²) < 4.78 is 6.18. The van der Waals surface area contributed by atoms with Crippen molar-refractivity contribution in [1.29, 1.82) is 0 Å². The maximum Gasteiger partial charge on any atom is 0.335 e. The van der Waals surface area contributed by atoms with Gasteiger partial charge in [0.25, 0.3) is 0 Å². The van der Waals surface area contributed by atoms with E-state index in [9.17, 15) is 9.90 Å². The third kappa shape index (κ3) is 4.81. The molecule has 2 N–H and O–H groups in total. The van der Waals surface area contributed by atoms with Gasteiger partial charge in [0.15, 0.2) is 0 Å². The van der Waals surface area contributed by atoms with Gasteiger partial charge in [-0.05, 0) is 65.2 Å². The standard InChI is InChI=1S/C26H22ClNO3/c1-17-14-20(26(29)30)8-12-24(17)28-15-23-22-5-3-2-4-19(22)9-13-25(23)31-16-18-6-10-21(27)11-7-18/h2-14,28H,15-16H2,1H3,(H,29,30). The third-order valence-corrected chi connectivity index (χ3v) is 5.49. The zero-order valence-electron chi connectivity index (χ0n) is 17.1. The number of hydrogen-bond donors (Lipinski definition) is 2. The Hall–Kier alpha value is -3.50. The molecule has 0 unspecified atom stereocenters. The highest BCUT2D eigenvalue weighted by atomic mass is 35.5. The number of aromatic carboxylic acids is 1. The van der Waals surface area contributed by atoms with E-state index in [1.807, 2.05) is 49.4 Å². The highest BCUT2D eigenvalue weighted by Crippen LogP contribution is 2.30. The lowest BCUT2D eigenvalue weighted by atomic mass is 10.0. The normalized spacial score (nSPS) is 10.8. The number of nitrogens with one attached hydrogen (secondary N) is 1. The van der Waals surface area contributed by atoms with Crippen molar-refractivity contribution in [2.24, 2.45) is 0 Å². The van der Waals surface area contributed by atoms with Crippen LogP contribution < -0.4 is 10.1 Å². The summed E-state index contributed by atoms with van der Waals surface area (Å²) in [4.78, 5) is 11.2. The van der Waals surface area contributed by atoms with Gasteiger partial charge in [-0.15, -0.1) is 0 Å². The Morgan fingerprint density at radius 2 is 1.77 bits per heavy atom. The van der Waals surface area contributed by atoms with Gasteiger partial charge in [-0.25, -0.2) is 4.79 Å². The molecule has 0 heterocycles. The fraction of sp³-hybridized carbons (Fsp3) is 0.115. The molecule has 156 valence electrons. The van der Waals surface area contributed by atoms with E-state index in [0.717, 1.165) is 38.9 Å². The predicted molar refractivity (Wildman–Crippen MR) is 125 cm³/mol. The molecule has 4 nitrogen and oxygen atoms in total. The van der Waals surface area contributed by atoms with Gasteiger partial charge in [-0.1, -0.05) is 54.1 Å². The van der Waals surface area contributed by atoms with E-state index in [2.05, 4.69) is 23.5 Å². The fourth-order valence-corrected chi connectivity index (χ4v) is 3.68. The number of rotatable bonds is 7. The van der Waals surface area contributed by atoms with E-state index < -0.39 is 5.97 Å². The molecule has 0 saturated carbocycles. The van der Waals surface area contributed by atoms with Crippen LogP contribution in [0.15, 0.2) is 78.9 Å². The number of fused-ring (bicyclic) bond motifs is 1. The number of hydrogen-bond acceptors (Lipinski definition) is 3. The van der Waals surface area contributed by atoms with Gasteiger partial charge in [0.05, 0.1) is 5.56 Å². The highest BCUT2D eigenvalue weighted by molar-refractivity contribution is 6.30. The summed E-state index contributed by atoms with van der Waals surface area (Å²) in [7, 11) is 0. The van der Waals surface area contributed by atoms with Gasteiger partial charge in [0.2, 0.25) is 0 Å². The van der Waals surface area contributed by atoms with E-state index >= 15 is 0 Å².